The van der Waals surface area contributed by atoms with Crippen LogP contribution in [-0.2, 0) is 45.8 Å². The van der Waals surface area contributed by atoms with Gasteiger partial charge in [0, 0.05) is 76.9 Å². The molecule has 4 heterocycles. The molecule has 3 aromatic heterocycles. The van der Waals surface area contributed by atoms with Crippen LogP contribution in [0.2, 0.25) is 0 Å². The number of nitrogens with zero attached hydrogens (tertiary/aromatic N) is 10. The van der Waals surface area contributed by atoms with Crippen LogP contribution in [0, 0.1) is 11.8 Å². The summed E-state index contributed by atoms with van der Waals surface area (Å²) in [5.41, 5.74) is 25.0. The molecule has 1 saturated heterocycles. The van der Waals surface area contributed by atoms with Gasteiger partial charge in [-0.3, -0.25) is 23.5 Å². The number of ether oxygens (including phenoxy) is 4. The Morgan fingerprint density at radius 2 is 1.62 bits per heavy atom. The van der Waals surface area contributed by atoms with Crippen LogP contribution in [0.1, 0.15) is 72.0 Å². The van der Waals surface area contributed by atoms with Crippen LogP contribution >= 0.6 is 23.5 Å². The van der Waals surface area contributed by atoms with Crippen LogP contribution in [0.4, 0.5) is 11.5 Å². The zero-order chi connectivity index (χ0) is 63.6. The Morgan fingerprint density at radius 3 is 2.33 bits per heavy atom. The van der Waals surface area contributed by atoms with E-state index < -0.39 is 91.2 Å². The number of oxazole rings is 1. The van der Waals surface area contributed by atoms with Crippen molar-refractivity contribution >= 4 is 74.8 Å². The molecule has 468 valence electrons. The molecule has 0 spiro atoms. The number of hydrogen-bond acceptors (Lipinski definition) is 23. The average molecular weight is 1280 g/mol. The van der Waals surface area contributed by atoms with E-state index in [1.807, 2.05) is 32.0 Å². The average Bonchev–Trinajstić information content (AvgIpc) is 3.38. The topological polar surface area (TPSA) is 502 Å². The van der Waals surface area contributed by atoms with E-state index in [0.717, 1.165) is 29.5 Å². The minimum atomic E-state index is -5.85. The number of amides is 3. The van der Waals surface area contributed by atoms with Crippen molar-refractivity contribution in [1.29, 1.82) is 0 Å². The molecule has 0 bridgehead atoms. The van der Waals surface area contributed by atoms with Gasteiger partial charge >= 0.3 is 34.8 Å². The maximum absolute atomic E-state index is 13.0. The van der Waals surface area contributed by atoms with Crippen LogP contribution in [0.25, 0.3) is 54.4 Å². The van der Waals surface area contributed by atoms with Crippen LogP contribution < -0.4 is 42.6 Å². The molecule has 0 aliphatic carbocycles. The summed E-state index contributed by atoms with van der Waals surface area (Å²) in [6.07, 6.45) is -2.37. The van der Waals surface area contributed by atoms with E-state index >= 15 is 0 Å². The smallest absolute Gasteiger partial charge is 0.490 e. The van der Waals surface area contributed by atoms with Gasteiger partial charge in [0.2, 0.25) is 11.8 Å². The highest BCUT2D eigenvalue weighted by Gasteiger charge is 2.44. The van der Waals surface area contributed by atoms with Gasteiger partial charge in [0.25, 0.3) is 11.8 Å². The predicted molar refractivity (Wildman–Crippen MR) is 308 cm³/mol. The normalized spacial score (nSPS) is 16.4. The second-order valence-corrected chi connectivity index (χ2v) is 23.0. The third kappa shape index (κ3) is 19.5. The number of anilines is 2. The Morgan fingerprint density at radius 1 is 0.886 bits per heavy atom. The molecule has 88 heavy (non-hydrogen) atoms. The summed E-state index contributed by atoms with van der Waals surface area (Å²) in [7, 11) is -17.1. The van der Waals surface area contributed by atoms with Crippen LogP contribution in [0.3, 0.4) is 0 Å². The molecule has 3 aromatic carbocycles. The summed E-state index contributed by atoms with van der Waals surface area (Å²) >= 11 is 0. The molecule has 1 aliphatic rings. The quantitative estimate of drug-likeness (QED) is 0.00513. The number of nitrogens with two attached hydrogens (primary N) is 1. The first-order chi connectivity index (χ1) is 42.0. The lowest BCUT2D eigenvalue weighted by Crippen LogP contribution is -2.31. The maximum atomic E-state index is 13.0. The lowest BCUT2D eigenvalue weighted by molar-refractivity contribution is -0.127. The van der Waals surface area contributed by atoms with Crippen molar-refractivity contribution < 1.29 is 88.6 Å². The number of hydrogen-bond donors (Lipinski definition) is 8. The molecule has 6 aromatic rings. The number of carbonyl (C=O) groups is 3. The third-order valence-electron chi connectivity index (χ3n) is 12.5. The fraction of sp³-hybridized carbons (Fsp3) is 0.380. The summed E-state index contributed by atoms with van der Waals surface area (Å²) in [5, 5.41) is 15.6. The number of unbranched alkanes of at least 4 members (excludes halogenated alkanes) is 2. The number of benzene rings is 3. The van der Waals surface area contributed by atoms with Gasteiger partial charge in [-0.15, -0.1) is 0 Å². The van der Waals surface area contributed by atoms with E-state index in [4.69, 9.17) is 54.4 Å². The zero-order valence-corrected chi connectivity index (χ0v) is 49.2. The molecule has 35 nitrogen and oxygen atoms in total. The van der Waals surface area contributed by atoms with Crippen molar-refractivity contribution in [3.8, 4) is 29.0 Å². The number of fused-ring (bicyclic) bond motifs is 2. The van der Waals surface area contributed by atoms with Gasteiger partial charge in [-0.05, 0) is 98.8 Å². The fourth-order valence-electron chi connectivity index (χ4n) is 8.43. The second kappa shape index (κ2) is 30.9. The maximum Gasteiger partial charge on any atom is 0.490 e. The van der Waals surface area contributed by atoms with E-state index in [0.29, 0.717) is 60.0 Å². The van der Waals surface area contributed by atoms with Crippen molar-refractivity contribution in [3.63, 3.8) is 0 Å². The first-order valence-electron chi connectivity index (χ1n) is 26.4. The molecule has 9 N–H and O–H groups in total. The highest BCUT2D eigenvalue weighted by atomic mass is 31.3. The van der Waals surface area contributed by atoms with Gasteiger partial charge in [0.1, 0.15) is 60.5 Å². The standard InChI is InChI=1S/C50H57N14O21P3/c1-3-63(4-2)34-15-13-30-21-36(49(68)83-39(30)23-34)48-58-37-22-32(14-16-38(37)82-48)47(67)56-18-7-5-6-17-55-46(66)31-10-8-12-35(20-31)77-28-43(60-62-53)78-27-42(65)54-19-9-11-33-25-64(50(69)59-45(33)51)44-24-40(79-29-57-61-52)41(81-44)26-80-87(73,74)85-88(75,76)84-86(70,71)72/h8,10,12-16,20-23,25,40-41,43-44H,3-7,17-19,24,26-29H2,1-2H3,(H,54,65)(H,55,66)(H,56,67)(H,73,74)(H,75,76)(H2,51,59,69)(H2,70,71,72). The molecular weight excluding hydrogens is 1230 g/mol. The van der Waals surface area contributed by atoms with E-state index in [-0.39, 0.29) is 59.6 Å². The molecule has 1 fully saturated rings. The molecule has 3 amide bonds. The Kier molecular flexibility index (Phi) is 23.5. The zero-order valence-electron chi connectivity index (χ0n) is 46.6. The van der Waals surface area contributed by atoms with Gasteiger partial charge in [0.15, 0.2) is 11.8 Å². The summed E-state index contributed by atoms with van der Waals surface area (Å²) in [6, 6.07) is 18.3. The summed E-state index contributed by atoms with van der Waals surface area (Å²) in [4.78, 5) is 117. The monoisotopic (exact) mass is 1280 g/mol. The highest BCUT2D eigenvalue weighted by molar-refractivity contribution is 7.66. The number of rotatable bonds is 31. The Bertz CT molecular complexity index is 3960. The predicted octanol–water partition coefficient (Wildman–Crippen LogP) is 5.40. The van der Waals surface area contributed by atoms with E-state index in [1.54, 1.807) is 42.5 Å². The van der Waals surface area contributed by atoms with Crippen molar-refractivity contribution in [2.24, 2.45) is 10.2 Å². The number of nitrogen functional groups attached to an aromatic ring is 1. The number of carbonyl (C=O) groups excluding carboxylic acids is 3. The lowest BCUT2D eigenvalue weighted by atomic mass is 10.1. The number of phosphoric ester groups is 1. The fourth-order valence-corrected chi connectivity index (χ4v) is 11.5. The lowest BCUT2D eigenvalue weighted by Gasteiger charge is -2.21. The van der Waals surface area contributed by atoms with Crippen LogP contribution in [0.5, 0.6) is 5.75 Å². The Balaban J connectivity index is 0.811. The second-order valence-electron chi connectivity index (χ2n) is 18.6. The van der Waals surface area contributed by atoms with Crippen molar-refractivity contribution in [2.45, 2.75) is 64.2 Å². The largest absolute Gasteiger partial charge is 0.491 e. The van der Waals surface area contributed by atoms with Crippen molar-refractivity contribution in [3.05, 3.63) is 131 Å². The highest BCUT2D eigenvalue weighted by Crippen LogP contribution is 2.66. The Hall–Kier alpha value is -8.50. The van der Waals surface area contributed by atoms with Crippen molar-refractivity contribution in [2.75, 3.05) is 69.9 Å². The molecule has 0 radical (unpaired) electrons. The molecule has 7 rings (SSSR count). The Labute approximate surface area is 497 Å². The summed E-state index contributed by atoms with van der Waals surface area (Å²) < 4.78 is 81.8. The number of nitrogens with one attached hydrogen (secondary N) is 3. The summed E-state index contributed by atoms with van der Waals surface area (Å²) in [5.74, 6) is 3.76. The van der Waals surface area contributed by atoms with E-state index in [2.05, 4.69) is 75.9 Å². The third-order valence-corrected chi connectivity index (χ3v) is 16.3. The van der Waals surface area contributed by atoms with Gasteiger partial charge in [0.05, 0.1) is 24.8 Å². The van der Waals surface area contributed by atoms with Crippen molar-refractivity contribution in [1.82, 2.24) is 30.5 Å². The molecule has 6 atom stereocenters. The molecular formula is C50H57N14O21P3. The summed E-state index contributed by atoms with van der Waals surface area (Å²) in [6.45, 7) is 3.51. The van der Waals surface area contributed by atoms with Gasteiger partial charge in [-0.1, -0.05) is 28.1 Å². The van der Waals surface area contributed by atoms with E-state index in [9.17, 15) is 47.5 Å². The molecule has 1 aliphatic heterocycles. The van der Waals surface area contributed by atoms with E-state index in [1.165, 1.54) is 6.07 Å². The number of phosphoric acid groups is 3. The van der Waals surface area contributed by atoms with Gasteiger partial charge in [-0.25, -0.2) is 28.3 Å². The van der Waals surface area contributed by atoms with Gasteiger partial charge in [-0.2, -0.15) is 13.6 Å². The first kappa shape index (κ1) is 67.0. The number of azide groups is 2. The molecule has 0 saturated carbocycles. The first-order valence-corrected chi connectivity index (χ1v) is 30.9. The number of aromatic nitrogens is 3. The molecule has 38 heteroatoms. The SMILES string of the molecule is CCN(CC)c1ccc2cc(-c3nc4cc(C(=O)NCCCCCNC(=O)c5cccc(OCC(N=[N+]=[N-])OCC(=O)NCC#Cc6cn(C7CC(OCN=[N+]=[N-])C(COP(=O)(O)OP(=O)(O)OP(=O)(O)O)O7)c(=O)nc6N)c5)ccc4o3)c(=O)oc2c1. The molecule has 6 unspecified atom stereocenters. The van der Waals surface area contributed by atoms with Gasteiger partial charge < -0.3 is 73.9 Å². The van der Waals surface area contributed by atoms with Crippen LogP contribution in [0.15, 0.2) is 102 Å². The minimum absolute atomic E-state index is 0.0475. The minimum Gasteiger partial charge on any atom is -0.491 e. The van der Waals surface area contributed by atoms with Crippen LogP contribution in [-0.4, -0.2) is 130 Å².